The van der Waals surface area contributed by atoms with Crippen LogP contribution in [0.15, 0.2) is 39.0 Å². The third kappa shape index (κ3) is 3.51. The van der Waals surface area contributed by atoms with Crippen molar-refractivity contribution in [3.8, 4) is 0 Å². The number of nitrogens with one attached hydrogen (secondary N) is 1. The van der Waals surface area contributed by atoms with E-state index in [9.17, 15) is 14.0 Å². The minimum absolute atomic E-state index is 0.249. The van der Waals surface area contributed by atoms with Crippen LogP contribution < -0.4 is 16.7 Å². The van der Waals surface area contributed by atoms with Crippen LogP contribution in [-0.2, 0) is 25.4 Å². The highest BCUT2D eigenvalue weighted by molar-refractivity contribution is 5.80. The fourth-order valence-electron chi connectivity index (χ4n) is 2.65. The number of aryl methyl sites for hydroxylation is 1. The van der Waals surface area contributed by atoms with Gasteiger partial charge in [-0.2, -0.15) is 10.1 Å². The third-order valence-corrected chi connectivity index (χ3v) is 4.12. The van der Waals surface area contributed by atoms with Crippen LogP contribution in [-0.4, -0.2) is 38.6 Å². The van der Waals surface area contributed by atoms with Crippen LogP contribution in [0.4, 0.5) is 10.3 Å². The van der Waals surface area contributed by atoms with Crippen molar-refractivity contribution in [2.75, 3.05) is 19.1 Å². The van der Waals surface area contributed by atoms with Crippen molar-refractivity contribution in [3.05, 3.63) is 56.5 Å². The van der Waals surface area contributed by atoms with Crippen LogP contribution in [0.25, 0.3) is 11.2 Å². The molecule has 0 amide bonds. The molecule has 2 aromatic heterocycles. The Morgan fingerprint density at radius 2 is 1.93 bits per heavy atom. The lowest BCUT2D eigenvalue weighted by molar-refractivity contribution is 0.188. The van der Waals surface area contributed by atoms with Gasteiger partial charge in [-0.15, -0.1) is 0 Å². The number of hydrogen-bond acceptors (Lipinski definition) is 6. The number of hydrazone groups is 1. The maximum Gasteiger partial charge on any atom is 0.332 e. The summed E-state index contributed by atoms with van der Waals surface area (Å²) in [6.07, 6.45) is 1.50. The van der Waals surface area contributed by atoms with E-state index in [1.165, 1.54) is 30.0 Å². The van der Waals surface area contributed by atoms with Gasteiger partial charge in [0.05, 0.1) is 12.8 Å². The van der Waals surface area contributed by atoms with Crippen molar-refractivity contribution in [3.63, 3.8) is 0 Å². The van der Waals surface area contributed by atoms with Gasteiger partial charge in [0, 0.05) is 27.7 Å². The summed E-state index contributed by atoms with van der Waals surface area (Å²) in [5, 5.41) is 4.09. The Balaban J connectivity index is 2.04. The molecular formula is C17H19FN6O3. The molecule has 0 saturated carbocycles. The van der Waals surface area contributed by atoms with E-state index in [1.54, 1.807) is 30.9 Å². The van der Waals surface area contributed by atoms with E-state index in [4.69, 9.17) is 4.74 Å². The molecule has 10 heteroatoms. The predicted molar refractivity (Wildman–Crippen MR) is 99.7 cm³/mol. The fraction of sp³-hybridized carbons (Fsp3) is 0.294. The summed E-state index contributed by atoms with van der Waals surface area (Å²) >= 11 is 0. The summed E-state index contributed by atoms with van der Waals surface area (Å²) in [5.74, 6) is -0.0445. The highest BCUT2D eigenvalue weighted by atomic mass is 19.1. The number of methoxy groups -OCH3 is 1. The summed E-state index contributed by atoms with van der Waals surface area (Å²) in [7, 11) is 4.51. The average Bonchev–Trinajstić information content (AvgIpc) is 3.03. The maximum atomic E-state index is 13.0. The van der Waals surface area contributed by atoms with Gasteiger partial charge >= 0.3 is 5.69 Å². The van der Waals surface area contributed by atoms with Crippen LogP contribution in [0.3, 0.4) is 0 Å². The Kier molecular flexibility index (Phi) is 5.17. The lowest BCUT2D eigenvalue weighted by Gasteiger charge is -2.08. The number of fused-ring (bicyclic) bond motifs is 1. The van der Waals surface area contributed by atoms with Gasteiger partial charge in [0.15, 0.2) is 11.2 Å². The summed E-state index contributed by atoms with van der Waals surface area (Å²) in [6.45, 7) is 0.683. The molecule has 0 unspecified atom stereocenters. The van der Waals surface area contributed by atoms with Gasteiger partial charge in [0.2, 0.25) is 5.95 Å². The van der Waals surface area contributed by atoms with Crippen LogP contribution in [0.1, 0.15) is 5.56 Å². The number of aromatic nitrogens is 4. The van der Waals surface area contributed by atoms with E-state index in [2.05, 4.69) is 15.5 Å². The van der Waals surface area contributed by atoms with E-state index >= 15 is 0 Å². The molecule has 0 aliphatic heterocycles. The molecule has 0 spiro atoms. The lowest BCUT2D eigenvalue weighted by Crippen LogP contribution is -2.37. The van der Waals surface area contributed by atoms with Crippen molar-refractivity contribution in [1.82, 2.24) is 18.7 Å². The zero-order valence-corrected chi connectivity index (χ0v) is 15.1. The van der Waals surface area contributed by atoms with Crippen molar-refractivity contribution in [2.45, 2.75) is 6.54 Å². The molecule has 0 fully saturated rings. The minimum atomic E-state index is -0.467. The number of hydrogen-bond donors (Lipinski definition) is 1. The van der Waals surface area contributed by atoms with Gasteiger partial charge in [-0.3, -0.25) is 13.9 Å². The summed E-state index contributed by atoms with van der Waals surface area (Å²) in [6, 6.07) is 5.81. The molecule has 0 radical (unpaired) electrons. The van der Waals surface area contributed by atoms with E-state index in [0.717, 1.165) is 4.57 Å². The smallest absolute Gasteiger partial charge is 0.332 e. The van der Waals surface area contributed by atoms with Crippen molar-refractivity contribution in [1.29, 1.82) is 0 Å². The molecule has 2 heterocycles. The molecule has 0 aliphatic rings. The van der Waals surface area contributed by atoms with Crippen LogP contribution in [0, 0.1) is 5.82 Å². The molecule has 0 saturated heterocycles. The number of rotatable bonds is 6. The average molecular weight is 374 g/mol. The maximum absolute atomic E-state index is 13.0. The lowest BCUT2D eigenvalue weighted by atomic mass is 10.2. The first kappa shape index (κ1) is 18.5. The number of halogens is 1. The predicted octanol–water partition coefficient (Wildman–Crippen LogP) is 0.665. The normalized spacial score (nSPS) is 11.6. The minimum Gasteiger partial charge on any atom is -0.383 e. The molecule has 142 valence electrons. The van der Waals surface area contributed by atoms with E-state index in [0.29, 0.717) is 24.7 Å². The molecule has 3 rings (SSSR count). The third-order valence-electron chi connectivity index (χ3n) is 4.12. The molecule has 27 heavy (non-hydrogen) atoms. The SMILES string of the molecule is COCCn1c(N/N=C/c2ccc(F)cc2)nc2c1c(=O)n(C)c(=O)n2C. The second-order valence-corrected chi connectivity index (χ2v) is 5.88. The second-order valence-electron chi connectivity index (χ2n) is 5.88. The Hall–Kier alpha value is -3.27. The largest absolute Gasteiger partial charge is 0.383 e. The van der Waals surface area contributed by atoms with E-state index in [1.807, 2.05) is 0 Å². The number of imidazole rings is 1. The Morgan fingerprint density at radius 1 is 1.22 bits per heavy atom. The highest BCUT2D eigenvalue weighted by Gasteiger charge is 2.18. The van der Waals surface area contributed by atoms with Gasteiger partial charge in [0.25, 0.3) is 5.56 Å². The monoisotopic (exact) mass is 374 g/mol. The first-order valence-corrected chi connectivity index (χ1v) is 8.14. The van der Waals surface area contributed by atoms with Crippen LogP contribution >= 0.6 is 0 Å². The van der Waals surface area contributed by atoms with E-state index < -0.39 is 11.2 Å². The van der Waals surface area contributed by atoms with Gasteiger partial charge in [-0.25, -0.2) is 14.6 Å². The zero-order chi connectivity index (χ0) is 19.6. The molecule has 0 aliphatic carbocycles. The molecular weight excluding hydrogens is 355 g/mol. The zero-order valence-electron chi connectivity index (χ0n) is 15.1. The molecule has 9 nitrogen and oxygen atoms in total. The van der Waals surface area contributed by atoms with Crippen LogP contribution in [0.5, 0.6) is 0 Å². The van der Waals surface area contributed by atoms with Crippen molar-refractivity contribution in [2.24, 2.45) is 19.2 Å². The summed E-state index contributed by atoms with van der Waals surface area (Å²) in [5.41, 5.74) is 3.07. The molecule has 1 aromatic carbocycles. The molecule has 0 bridgehead atoms. The van der Waals surface area contributed by atoms with Gasteiger partial charge < -0.3 is 9.30 Å². The van der Waals surface area contributed by atoms with Crippen molar-refractivity contribution >= 4 is 23.3 Å². The van der Waals surface area contributed by atoms with Crippen LogP contribution in [0.2, 0.25) is 0 Å². The van der Waals surface area contributed by atoms with Gasteiger partial charge in [0.1, 0.15) is 5.82 Å². The first-order chi connectivity index (χ1) is 12.9. The molecule has 0 atom stereocenters. The number of nitrogens with zero attached hydrogens (tertiary/aromatic N) is 5. The Morgan fingerprint density at radius 3 is 2.59 bits per heavy atom. The standard InChI is InChI=1S/C17H19FN6O3/c1-22-14-13(15(25)23(2)17(22)26)24(8-9-27-3)16(20-14)21-19-10-11-4-6-12(18)7-5-11/h4-7,10H,8-9H2,1-3H3,(H,20,21)/b19-10+. The summed E-state index contributed by atoms with van der Waals surface area (Å²) < 4.78 is 22.0. The number of anilines is 1. The second kappa shape index (κ2) is 7.54. The first-order valence-electron chi connectivity index (χ1n) is 8.14. The molecule has 1 N–H and O–H groups in total. The Labute approximate surface area is 153 Å². The quantitative estimate of drug-likeness (QED) is 0.505. The molecule has 3 aromatic rings. The van der Waals surface area contributed by atoms with E-state index in [-0.39, 0.29) is 17.0 Å². The topological polar surface area (TPSA) is 95.4 Å². The highest BCUT2D eigenvalue weighted by Crippen LogP contribution is 2.15. The van der Waals surface area contributed by atoms with Gasteiger partial charge in [-0.05, 0) is 17.7 Å². The number of benzene rings is 1. The number of ether oxygens (including phenoxy) is 1. The Bertz CT molecular complexity index is 1110. The van der Waals surface area contributed by atoms with Gasteiger partial charge in [-0.1, -0.05) is 12.1 Å². The van der Waals surface area contributed by atoms with Crippen molar-refractivity contribution < 1.29 is 9.13 Å². The summed E-state index contributed by atoms with van der Waals surface area (Å²) in [4.78, 5) is 29.1. The fourth-order valence-corrected chi connectivity index (χ4v) is 2.65.